The van der Waals surface area contributed by atoms with E-state index in [4.69, 9.17) is 4.74 Å². The summed E-state index contributed by atoms with van der Waals surface area (Å²) >= 11 is 2.21. The average molecular weight is 286 g/mol. The molecular formula is C7H15IN2O2. The van der Waals surface area contributed by atoms with E-state index in [1.54, 1.807) is 7.11 Å². The van der Waals surface area contributed by atoms with Crippen molar-refractivity contribution in [1.82, 2.24) is 10.6 Å². The van der Waals surface area contributed by atoms with Gasteiger partial charge in [0.05, 0.1) is 0 Å². The van der Waals surface area contributed by atoms with Crippen LogP contribution in [-0.2, 0) is 4.74 Å². The van der Waals surface area contributed by atoms with Crippen molar-refractivity contribution in [2.24, 2.45) is 0 Å². The van der Waals surface area contributed by atoms with E-state index in [0.29, 0.717) is 13.2 Å². The molecule has 12 heavy (non-hydrogen) atoms. The van der Waals surface area contributed by atoms with Crippen molar-refractivity contribution in [2.45, 2.75) is 6.42 Å². The van der Waals surface area contributed by atoms with Crippen LogP contribution in [0.3, 0.4) is 0 Å². The minimum Gasteiger partial charge on any atom is -0.385 e. The first-order valence-corrected chi connectivity index (χ1v) is 5.40. The highest BCUT2D eigenvalue weighted by Gasteiger charge is 1.95. The Kier molecular flexibility index (Phi) is 9.02. The summed E-state index contributed by atoms with van der Waals surface area (Å²) < 4.78 is 5.77. The Bertz CT molecular complexity index is 122. The van der Waals surface area contributed by atoms with Crippen LogP contribution in [0.25, 0.3) is 0 Å². The van der Waals surface area contributed by atoms with Crippen LogP contribution < -0.4 is 10.6 Å². The number of alkyl halides is 1. The van der Waals surface area contributed by atoms with Crippen molar-refractivity contribution >= 4 is 28.6 Å². The molecule has 2 amide bonds. The fourth-order valence-corrected chi connectivity index (χ4v) is 0.911. The first kappa shape index (κ1) is 12.0. The summed E-state index contributed by atoms with van der Waals surface area (Å²) in [7, 11) is 1.65. The Morgan fingerprint density at radius 3 is 2.67 bits per heavy atom. The molecule has 0 unspecified atom stereocenters. The lowest BCUT2D eigenvalue weighted by Crippen LogP contribution is -2.37. The van der Waals surface area contributed by atoms with Crippen molar-refractivity contribution in [3.8, 4) is 0 Å². The molecule has 0 atom stereocenters. The van der Waals surface area contributed by atoms with E-state index in [0.717, 1.165) is 17.4 Å². The molecule has 0 aliphatic carbocycles. The fraction of sp³-hybridized carbons (Fsp3) is 0.857. The second-order valence-corrected chi connectivity index (χ2v) is 3.30. The lowest BCUT2D eigenvalue weighted by Gasteiger charge is -2.05. The fourth-order valence-electron chi connectivity index (χ4n) is 0.642. The number of rotatable bonds is 6. The van der Waals surface area contributed by atoms with Crippen LogP contribution in [0.15, 0.2) is 0 Å². The Balaban J connectivity index is 3.08. The predicted molar refractivity (Wildman–Crippen MR) is 56.8 cm³/mol. The number of carbonyl (C=O) groups is 1. The molecule has 0 saturated carbocycles. The summed E-state index contributed by atoms with van der Waals surface area (Å²) in [6, 6.07) is -0.0947. The van der Waals surface area contributed by atoms with Crippen molar-refractivity contribution in [1.29, 1.82) is 0 Å². The molecule has 0 bridgehead atoms. The maximum Gasteiger partial charge on any atom is 0.314 e. The molecular weight excluding hydrogens is 271 g/mol. The Labute approximate surface area is 86.6 Å². The highest BCUT2D eigenvalue weighted by atomic mass is 127. The quantitative estimate of drug-likeness (QED) is 0.430. The number of amides is 2. The second kappa shape index (κ2) is 9.05. The molecule has 4 nitrogen and oxygen atoms in total. The molecule has 0 heterocycles. The van der Waals surface area contributed by atoms with Crippen LogP contribution in [-0.4, -0.2) is 37.3 Å². The van der Waals surface area contributed by atoms with E-state index in [2.05, 4.69) is 33.2 Å². The Hall–Kier alpha value is -0.0400. The topological polar surface area (TPSA) is 50.4 Å². The smallest absolute Gasteiger partial charge is 0.314 e. The zero-order chi connectivity index (χ0) is 9.23. The third-order valence-corrected chi connectivity index (χ3v) is 1.73. The molecule has 5 heteroatoms. The number of urea groups is 1. The number of halogens is 1. The number of nitrogens with one attached hydrogen (secondary N) is 2. The summed E-state index contributed by atoms with van der Waals surface area (Å²) in [5, 5.41) is 5.43. The van der Waals surface area contributed by atoms with Crippen molar-refractivity contribution in [2.75, 3.05) is 31.2 Å². The van der Waals surface area contributed by atoms with Crippen LogP contribution in [0, 0.1) is 0 Å². The van der Waals surface area contributed by atoms with Crippen LogP contribution in [0.1, 0.15) is 6.42 Å². The third kappa shape index (κ3) is 8.06. The normalized spacial score (nSPS) is 9.50. The summed E-state index contributed by atoms with van der Waals surface area (Å²) in [5.74, 6) is 0. The summed E-state index contributed by atoms with van der Waals surface area (Å²) in [5.41, 5.74) is 0. The van der Waals surface area contributed by atoms with Gasteiger partial charge in [0, 0.05) is 31.2 Å². The van der Waals surface area contributed by atoms with E-state index in [1.165, 1.54) is 0 Å². The first-order valence-electron chi connectivity index (χ1n) is 3.88. The van der Waals surface area contributed by atoms with Gasteiger partial charge in [-0.1, -0.05) is 22.6 Å². The number of hydrogen-bond donors (Lipinski definition) is 2. The minimum atomic E-state index is -0.0947. The summed E-state index contributed by atoms with van der Waals surface area (Å²) in [6.45, 7) is 2.07. The Morgan fingerprint density at radius 1 is 1.42 bits per heavy atom. The van der Waals surface area contributed by atoms with Crippen LogP contribution in [0.2, 0.25) is 0 Å². The molecule has 0 aromatic carbocycles. The van der Waals surface area contributed by atoms with Gasteiger partial charge in [-0.15, -0.1) is 0 Å². The molecule has 0 spiro atoms. The van der Waals surface area contributed by atoms with Gasteiger partial charge in [0.15, 0.2) is 0 Å². The SMILES string of the molecule is COCCCNC(=O)NCCI. The molecule has 0 aliphatic heterocycles. The van der Waals surface area contributed by atoms with E-state index in [-0.39, 0.29) is 6.03 Å². The van der Waals surface area contributed by atoms with Gasteiger partial charge in [0.25, 0.3) is 0 Å². The van der Waals surface area contributed by atoms with Crippen molar-refractivity contribution < 1.29 is 9.53 Å². The number of carbonyl (C=O) groups excluding carboxylic acids is 1. The molecule has 2 N–H and O–H groups in total. The van der Waals surface area contributed by atoms with E-state index in [1.807, 2.05) is 0 Å². The molecule has 0 aromatic rings. The predicted octanol–water partition coefficient (Wildman–Crippen LogP) is 0.757. The third-order valence-electron chi connectivity index (χ3n) is 1.19. The average Bonchev–Trinajstić information content (AvgIpc) is 2.09. The molecule has 0 aromatic heterocycles. The largest absolute Gasteiger partial charge is 0.385 e. The van der Waals surface area contributed by atoms with Crippen molar-refractivity contribution in [3.63, 3.8) is 0 Å². The van der Waals surface area contributed by atoms with Gasteiger partial charge in [-0.05, 0) is 6.42 Å². The van der Waals surface area contributed by atoms with Gasteiger partial charge in [-0.3, -0.25) is 0 Å². The minimum absolute atomic E-state index is 0.0947. The molecule has 0 aliphatic rings. The summed E-state index contributed by atoms with van der Waals surface area (Å²) in [4.78, 5) is 10.9. The molecule has 0 fully saturated rings. The zero-order valence-electron chi connectivity index (χ0n) is 7.23. The van der Waals surface area contributed by atoms with Gasteiger partial charge in [0.1, 0.15) is 0 Å². The van der Waals surface area contributed by atoms with Crippen LogP contribution in [0.5, 0.6) is 0 Å². The molecule has 0 rings (SSSR count). The van der Waals surface area contributed by atoms with Crippen molar-refractivity contribution in [3.05, 3.63) is 0 Å². The molecule has 0 radical (unpaired) electrons. The van der Waals surface area contributed by atoms with Crippen LogP contribution >= 0.6 is 22.6 Å². The van der Waals surface area contributed by atoms with Gasteiger partial charge in [0.2, 0.25) is 0 Å². The van der Waals surface area contributed by atoms with Gasteiger partial charge in [-0.25, -0.2) is 4.79 Å². The number of hydrogen-bond acceptors (Lipinski definition) is 2. The lowest BCUT2D eigenvalue weighted by molar-refractivity contribution is 0.193. The van der Waals surface area contributed by atoms with E-state index < -0.39 is 0 Å². The number of ether oxygens (including phenoxy) is 1. The lowest BCUT2D eigenvalue weighted by atomic mass is 10.4. The Morgan fingerprint density at radius 2 is 2.08 bits per heavy atom. The highest BCUT2D eigenvalue weighted by molar-refractivity contribution is 14.1. The summed E-state index contributed by atoms with van der Waals surface area (Å²) in [6.07, 6.45) is 0.855. The number of methoxy groups -OCH3 is 1. The highest BCUT2D eigenvalue weighted by Crippen LogP contribution is 1.78. The maximum atomic E-state index is 10.9. The van der Waals surface area contributed by atoms with Gasteiger partial charge in [-0.2, -0.15) is 0 Å². The molecule has 0 saturated heterocycles. The standard InChI is InChI=1S/C7H15IN2O2/c1-12-6-2-4-9-7(11)10-5-3-8/h2-6H2,1H3,(H2,9,10,11). The first-order chi connectivity index (χ1) is 5.81. The van der Waals surface area contributed by atoms with E-state index in [9.17, 15) is 4.79 Å². The maximum absolute atomic E-state index is 10.9. The zero-order valence-corrected chi connectivity index (χ0v) is 9.39. The van der Waals surface area contributed by atoms with E-state index >= 15 is 0 Å². The van der Waals surface area contributed by atoms with Gasteiger partial charge < -0.3 is 15.4 Å². The van der Waals surface area contributed by atoms with Crippen LogP contribution in [0.4, 0.5) is 4.79 Å². The second-order valence-electron chi connectivity index (χ2n) is 2.22. The monoisotopic (exact) mass is 286 g/mol. The molecule has 72 valence electrons. The van der Waals surface area contributed by atoms with Gasteiger partial charge >= 0.3 is 6.03 Å².